The van der Waals surface area contributed by atoms with E-state index in [2.05, 4.69) is 20.3 Å². The lowest BCUT2D eigenvalue weighted by Crippen LogP contribution is -2.12. The first kappa shape index (κ1) is 20.6. The van der Waals surface area contributed by atoms with Gasteiger partial charge in [-0.1, -0.05) is 18.2 Å². The summed E-state index contributed by atoms with van der Waals surface area (Å²) in [7, 11) is 0. The molecule has 0 saturated carbocycles. The van der Waals surface area contributed by atoms with Gasteiger partial charge in [0.1, 0.15) is 18.1 Å². The number of ether oxygens (including phenoxy) is 4. The topological polar surface area (TPSA) is 94.7 Å². The Bertz CT molecular complexity index is 1320. The smallest absolute Gasteiger partial charge is 0.387 e. The summed E-state index contributed by atoms with van der Waals surface area (Å²) < 4.78 is 46.0. The van der Waals surface area contributed by atoms with Crippen molar-refractivity contribution in [2.45, 2.75) is 13.2 Å². The number of anilines is 1. The number of aromatic nitrogens is 2. The number of rotatable bonds is 7. The third-order valence-corrected chi connectivity index (χ3v) is 4.98. The first-order valence-electron chi connectivity index (χ1n) is 9.91. The maximum absolute atomic E-state index is 12.6. The van der Waals surface area contributed by atoms with Gasteiger partial charge in [0.2, 0.25) is 6.79 Å². The zero-order chi connectivity index (χ0) is 22.8. The molecule has 1 amide bonds. The van der Waals surface area contributed by atoms with Gasteiger partial charge in [-0.15, -0.1) is 0 Å². The molecule has 0 saturated heterocycles. The molecule has 1 aliphatic rings. The lowest BCUT2D eigenvalue weighted by Gasteiger charge is -2.11. The molecule has 168 valence electrons. The van der Waals surface area contributed by atoms with E-state index in [4.69, 9.17) is 14.2 Å². The number of aromatic amines is 1. The van der Waals surface area contributed by atoms with Crippen molar-refractivity contribution in [3.05, 3.63) is 71.8 Å². The molecule has 0 bridgehead atoms. The molecule has 2 N–H and O–H groups in total. The number of nitrogens with one attached hydrogen (secondary N) is 2. The van der Waals surface area contributed by atoms with Crippen LogP contribution < -0.4 is 24.3 Å². The fourth-order valence-corrected chi connectivity index (χ4v) is 3.40. The molecule has 0 radical (unpaired) electrons. The summed E-state index contributed by atoms with van der Waals surface area (Å²) in [6, 6.07) is 16.5. The highest BCUT2D eigenvalue weighted by Gasteiger charge is 2.18. The minimum Gasteiger partial charge on any atom is -0.489 e. The predicted octanol–water partition coefficient (Wildman–Crippen LogP) is 4.72. The van der Waals surface area contributed by atoms with Gasteiger partial charge in [0, 0.05) is 22.6 Å². The molecule has 1 aliphatic heterocycles. The molecule has 33 heavy (non-hydrogen) atoms. The van der Waals surface area contributed by atoms with Crippen molar-refractivity contribution in [1.82, 2.24) is 10.2 Å². The average Bonchev–Trinajstić information content (AvgIpc) is 3.44. The van der Waals surface area contributed by atoms with Crippen LogP contribution in [0.15, 0.2) is 60.7 Å². The van der Waals surface area contributed by atoms with E-state index in [-0.39, 0.29) is 25.1 Å². The Kier molecular flexibility index (Phi) is 5.39. The summed E-state index contributed by atoms with van der Waals surface area (Å²) in [6.07, 6.45) is 0. The fraction of sp³-hybridized carbons (Fsp3) is 0.130. The number of halogens is 2. The van der Waals surface area contributed by atoms with Crippen molar-refractivity contribution >= 4 is 22.6 Å². The molecule has 4 aromatic rings. The maximum atomic E-state index is 12.6. The van der Waals surface area contributed by atoms with Crippen LogP contribution >= 0.6 is 0 Å². The van der Waals surface area contributed by atoms with E-state index in [1.54, 1.807) is 54.6 Å². The van der Waals surface area contributed by atoms with Crippen LogP contribution in [0.2, 0.25) is 0 Å². The first-order chi connectivity index (χ1) is 16.1. The number of amides is 1. The molecule has 0 atom stereocenters. The molecule has 1 aromatic heterocycles. The lowest BCUT2D eigenvalue weighted by molar-refractivity contribution is -0.0508. The Morgan fingerprint density at radius 3 is 2.82 bits per heavy atom. The predicted molar refractivity (Wildman–Crippen MR) is 114 cm³/mol. The number of hydrogen-bond donors (Lipinski definition) is 2. The van der Waals surface area contributed by atoms with E-state index < -0.39 is 6.61 Å². The molecule has 0 unspecified atom stereocenters. The van der Waals surface area contributed by atoms with Crippen LogP contribution in [-0.4, -0.2) is 29.5 Å². The largest absolute Gasteiger partial charge is 0.489 e. The minimum absolute atomic E-state index is 0.0379. The van der Waals surface area contributed by atoms with E-state index >= 15 is 0 Å². The SMILES string of the molecule is O=C(Nc1n[nH]c2cc(OCc3ccccc3OC(F)F)ccc12)c1ccc2c(c1)OCO2. The van der Waals surface area contributed by atoms with Crippen molar-refractivity contribution in [3.63, 3.8) is 0 Å². The monoisotopic (exact) mass is 453 g/mol. The Hall–Kier alpha value is -4.34. The van der Waals surface area contributed by atoms with Crippen LogP contribution in [0.25, 0.3) is 10.9 Å². The van der Waals surface area contributed by atoms with Gasteiger partial charge in [0.05, 0.1) is 5.52 Å². The van der Waals surface area contributed by atoms with Crippen molar-refractivity contribution in [2.24, 2.45) is 0 Å². The van der Waals surface area contributed by atoms with Crippen LogP contribution in [-0.2, 0) is 6.61 Å². The highest BCUT2D eigenvalue weighted by molar-refractivity contribution is 6.08. The van der Waals surface area contributed by atoms with E-state index in [0.717, 1.165) is 0 Å². The summed E-state index contributed by atoms with van der Waals surface area (Å²) in [4.78, 5) is 12.6. The summed E-state index contributed by atoms with van der Waals surface area (Å²) in [5.74, 6) is 1.66. The second kappa shape index (κ2) is 8.65. The molecule has 10 heteroatoms. The second-order valence-corrected chi connectivity index (χ2v) is 7.08. The highest BCUT2D eigenvalue weighted by atomic mass is 19.3. The normalized spacial score (nSPS) is 12.2. The molecule has 0 aliphatic carbocycles. The molecule has 0 spiro atoms. The van der Waals surface area contributed by atoms with Gasteiger partial charge in [-0.05, 0) is 36.4 Å². The maximum Gasteiger partial charge on any atom is 0.387 e. The van der Waals surface area contributed by atoms with Gasteiger partial charge in [0.15, 0.2) is 17.3 Å². The number of carbonyl (C=O) groups is 1. The summed E-state index contributed by atoms with van der Waals surface area (Å²) in [6.45, 7) is -2.76. The van der Waals surface area contributed by atoms with Crippen LogP contribution in [0.1, 0.15) is 15.9 Å². The first-order valence-corrected chi connectivity index (χ1v) is 9.91. The van der Waals surface area contributed by atoms with Crippen molar-refractivity contribution in [1.29, 1.82) is 0 Å². The minimum atomic E-state index is -2.92. The van der Waals surface area contributed by atoms with Crippen molar-refractivity contribution in [3.8, 4) is 23.0 Å². The molecule has 8 nitrogen and oxygen atoms in total. The highest BCUT2D eigenvalue weighted by Crippen LogP contribution is 2.33. The zero-order valence-corrected chi connectivity index (χ0v) is 17.0. The van der Waals surface area contributed by atoms with Crippen molar-refractivity contribution < 1.29 is 32.5 Å². The van der Waals surface area contributed by atoms with Gasteiger partial charge in [-0.2, -0.15) is 13.9 Å². The summed E-state index contributed by atoms with van der Waals surface area (Å²) in [5, 5.41) is 10.5. The number of benzene rings is 3. The van der Waals surface area contributed by atoms with Gasteiger partial charge >= 0.3 is 6.61 Å². The van der Waals surface area contributed by atoms with Gasteiger partial charge < -0.3 is 24.3 Å². The van der Waals surface area contributed by atoms with Crippen LogP contribution in [0.3, 0.4) is 0 Å². The number of hydrogen-bond acceptors (Lipinski definition) is 6. The lowest BCUT2D eigenvalue weighted by atomic mass is 10.2. The Balaban J connectivity index is 1.29. The number of carbonyl (C=O) groups excluding carboxylic acids is 1. The van der Waals surface area contributed by atoms with Crippen LogP contribution in [0, 0.1) is 0 Å². The number of alkyl halides is 2. The number of nitrogens with zero attached hydrogens (tertiary/aromatic N) is 1. The molecule has 0 fully saturated rings. The second-order valence-electron chi connectivity index (χ2n) is 7.08. The number of H-pyrrole nitrogens is 1. The van der Waals surface area contributed by atoms with Crippen LogP contribution in [0.5, 0.6) is 23.0 Å². The van der Waals surface area contributed by atoms with Crippen LogP contribution in [0.4, 0.5) is 14.6 Å². The molecular formula is C23H17F2N3O5. The molecule has 2 heterocycles. The summed E-state index contributed by atoms with van der Waals surface area (Å²) in [5.41, 5.74) is 1.52. The van der Waals surface area contributed by atoms with E-state index in [1.165, 1.54) is 6.07 Å². The Labute approximate surface area is 186 Å². The Morgan fingerprint density at radius 1 is 1.09 bits per heavy atom. The van der Waals surface area contributed by atoms with E-state index in [0.29, 0.717) is 45.1 Å². The Morgan fingerprint density at radius 2 is 1.94 bits per heavy atom. The third kappa shape index (κ3) is 4.36. The van der Waals surface area contributed by atoms with E-state index in [1.807, 2.05) is 0 Å². The standard InChI is InChI=1S/C23H17F2N3O5/c24-23(25)33-18-4-2-1-3-14(18)11-30-15-6-7-16-17(10-15)27-28-21(16)26-22(29)13-5-8-19-20(9-13)32-12-31-19/h1-10,23H,11-12H2,(H2,26,27,28,29). The molecule has 3 aromatic carbocycles. The van der Waals surface area contributed by atoms with E-state index in [9.17, 15) is 13.6 Å². The molecular weight excluding hydrogens is 436 g/mol. The summed E-state index contributed by atoms with van der Waals surface area (Å²) >= 11 is 0. The zero-order valence-electron chi connectivity index (χ0n) is 17.0. The fourth-order valence-electron chi connectivity index (χ4n) is 3.40. The van der Waals surface area contributed by atoms with Gasteiger partial charge in [-0.3, -0.25) is 9.89 Å². The number of fused-ring (bicyclic) bond motifs is 2. The van der Waals surface area contributed by atoms with Gasteiger partial charge in [0.25, 0.3) is 5.91 Å². The number of para-hydroxylation sites is 1. The van der Waals surface area contributed by atoms with Crippen molar-refractivity contribution in [2.75, 3.05) is 12.1 Å². The average molecular weight is 453 g/mol. The molecule has 5 rings (SSSR count). The third-order valence-electron chi connectivity index (χ3n) is 4.98. The quantitative estimate of drug-likeness (QED) is 0.420. The van der Waals surface area contributed by atoms with Gasteiger partial charge in [-0.25, -0.2) is 0 Å².